The van der Waals surface area contributed by atoms with Gasteiger partial charge in [0.2, 0.25) is 0 Å². The smallest absolute Gasteiger partial charge is 0.122 e. The lowest BCUT2D eigenvalue weighted by molar-refractivity contribution is 1.36. The van der Waals surface area contributed by atoms with E-state index in [4.69, 9.17) is 7.85 Å². The summed E-state index contributed by atoms with van der Waals surface area (Å²) in [5.41, 5.74) is 2.11. The molecule has 0 saturated carbocycles. The van der Waals surface area contributed by atoms with E-state index in [0.29, 0.717) is 5.46 Å². The molecule has 0 amide bonds. The number of aromatic nitrogens is 3. The highest BCUT2D eigenvalue weighted by atomic mass is 32.1. The Morgan fingerprint density at radius 3 is 2.67 bits per heavy atom. The van der Waals surface area contributed by atoms with Crippen LogP contribution in [0, 0.1) is 0 Å². The maximum Gasteiger partial charge on any atom is 0.122 e. The molecule has 0 atom stereocenters. The number of pyridine rings is 1. The summed E-state index contributed by atoms with van der Waals surface area (Å²) < 4.78 is 7.95. The molecule has 0 aromatic carbocycles. The maximum absolute atomic E-state index is 5.54. The minimum Gasteiger partial charge on any atom is -0.263 e. The first-order valence-corrected chi connectivity index (χ1v) is 4.43. The Bertz CT molecular complexity index is 360. The molecular weight excluding hydrogens is 169 g/mol. The fourth-order valence-electron chi connectivity index (χ4n) is 0.730. The third-order valence-corrected chi connectivity index (χ3v) is 1.74. The van der Waals surface area contributed by atoms with Crippen LogP contribution in [-0.2, 0) is 0 Å². The van der Waals surface area contributed by atoms with E-state index in [1.165, 1.54) is 0 Å². The molecule has 0 spiro atoms. The molecule has 3 nitrogen and oxygen atoms in total. The molecule has 0 aliphatic heterocycles. The number of rotatable bonds is 0. The van der Waals surface area contributed by atoms with Gasteiger partial charge in [-0.1, -0.05) is 19.3 Å². The van der Waals surface area contributed by atoms with Crippen molar-refractivity contribution in [2.45, 2.75) is 13.8 Å². The number of fused-ring (bicyclic) bond motifs is 1. The van der Waals surface area contributed by atoms with Crippen molar-refractivity contribution in [2.75, 3.05) is 0 Å². The number of hydrogen-bond donors (Lipinski definition) is 0. The quantitative estimate of drug-likeness (QED) is 0.561. The molecule has 12 heavy (non-hydrogen) atoms. The topological polar surface area (TPSA) is 38.7 Å². The van der Waals surface area contributed by atoms with Crippen LogP contribution in [0.1, 0.15) is 13.8 Å². The Labute approximate surface area is 76.6 Å². The van der Waals surface area contributed by atoms with Gasteiger partial charge in [0.05, 0.1) is 17.9 Å². The fourth-order valence-corrected chi connectivity index (χ4v) is 1.27. The standard InChI is InChI=1S/C5H2BN3S.C2H6/c6-3-1-7-2-4-5(3)9-10-8-4;1-2/h1-2H;1-2H3. The molecule has 0 bridgehead atoms. The molecule has 0 aliphatic rings. The van der Waals surface area contributed by atoms with Crippen LogP contribution in [0.5, 0.6) is 0 Å². The van der Waals surface area contributed by atoms with Crippen LogP contribution in [0.25, 0.3) is 11.0 Å². The van der Waals surface area contributed by atoms with E-state index in [1.807, 2.05) is 13.8 Å². The van der Waals surface area contributed by atoms with Crippen molar-refractivity contribution < 1.29 is 0 Å². The predicted octanol–water partition coefficient (Wildman–Crippen LogP) is 0.906. The lowest BCUT2D eigenvalue weighted by atomic mass is 9.97. The molecule has 2 aromatic rings. The fraction of sp³-hybridized carbons (Fsp3) is 0.286. The first-order chi connectivity index (χ1) is 5.88. The number of hydrogen-bond acceptors (Lipinski definition) is 4. The molecule has 2 radical (unpaired) electrons. The molecular formula is C7H8BN3S. The molecule has 0 unspecified atom stereocenters. The van der Waals surface area contributed by atoms with Crippen LogP contribution >= 0.6 is 11.7 Å². The lowest BCUT2D eigenvalue weighted by Crippen LogP contribution is -2.03. The van der Waals surface area contributed by atoms with Crippen molar-refractivity contribution in [1.82, 2.24) is 13.7 Å². The van der Waals surface area contributed by atoms with Crippen molar-refractivity contribution >= 4 is 36.1 Å². The maximum atomic E-state index is 5.54. The van der Waals surface area contributed by atoms with Gasteiger partial charge in [-0.25, -0.2) is 0 Å². The summed E-state index contributed by atoms with van der Waals surface area (Å²) in [5.74, 6) is 0. The van der Waals surface area contributed by atoms with Crippen molar-refractivity contribution in [3.8, 4) is 0 Å². The summed E-state index contributed by atoms with van der Waals surface area (Å²) in [6, 6.07) is 0. The van der Waals surface area contributed by atoms with E-state index in [9.17, 15) is 0 Å². The highest BCUT2D eigenvalue weighted by Crippen LogP contribution is 2.04. The van der Waals surface area contributed by atoms with E-state index < -0.39 is 0 Å². The zero-order valence-corrected chi connectivity index (χ0v) is 7.80. The van der Waals surface area contributed by atoms with Gasteiger partial charge in [0, 0.05) is 6.20 Å². The molecule has 0 aliphatic carbocycles. The van der Waals surface area contributed by atoms with E-state index in [2.05, 4.69) is 13.7 Å². The summed E-state index contributed by atoms with van der Waals surface area (Å²) in [5, 5.41) is 0. The summed E-state index contributed by atoms with van der Waals surface area (Å²) in [4.78, 5) is 3.86. The van der Waals surface area contributed by atoms with Gasteiger partial charge in [-0.2, -0.15) is 8.75 Å². The van der Waals surface area contributed by atoms with Crippen molar-refractivity contribution in [3.63, 3.8) is 0 Å². The average molecular weight is 177 g/mol. The van der Waals surface area contributed by atoms with Crippen LogP contribution in [0.2, 0.25) is 0 Å². The molecule has 2 rings (SSSR count). The Kier molecular flexibility index (Phi) is 3.16. The molecule has 60 valence electrons. The molecule has 5 heteroatoms. The minimum atomic E-state index is 0.589. The second-order valence-electron chi connectivity index (χ2n) is 1.86. The summed E-state index contributed by atoms with van der Waals surface area (Å²) in [6.07, 6.45) is 3.22. The molecule has 0 fully saturated rings. The van der Waals surface area contributed by atoms with Gasteiger partial charge in [-0.15, -0.1) is 0 Å². The van der Waals surface area contributed by atoms with E-state index >= 15 is 0 Å². The second kappa shape index (κ2) is 4.16. The third kappa shape index (κ3) is 1.61. The van der Waals surface area contributed by atoms with Gasteiger partial charge >= 0.3 is 0 Å². The third-order valence-electron chi connectivity index (χ3n) is 1.20. The first kappa shape index (κ1) is 9.13. The number of nitrogens with zero attached hydrogens (tertiary/aromatic N) is 3. The largest absolute Gasteiger partial charge is 0.263 e. The van der Waals surface area contributed by atoms with Crippen molar-refractivity contribution in [1.29, 1.82) is 0 Å². The SMILES string of the molecule is CC.[B]c1cncc2nsnc12. The molecule has 2 heterocycles. The van der Waals surface area contributed by atoms with Crippen molar-refractivity contribution in [3.05, 3.63) is 12.4 Å². The van der Waals surface area contributed by atoms with E-state index in [1.54, 1.807) is 12.4 Å². The predicted molar refractivity (Wildman–Crippen MR) is 51.9 cm³/mol. The van der Waals surface area contributed by atoms with Crippen LogP contribution in [0.3, 0.4) is 0 Å². The van der Waals surface area contributed by atoms with Crippen molar-refractivity contribution in [2.24, 2.45) is 0 Å². The van der Waals surface area contributed by atoms with Gasteiger partial charge in [0.1, 0.15) is 18.9 Å². The first-order valence-electron chi connectivity index (χ1n) is 3.69. The van der Waals surface area contributed by atoms with Crippen LogP contribution in [0.15, 0.2) is 12.4 Å². The zero-order chi connectivity index (χ0) is 8.97. The van der Waals surface area contributed by atoms with E-state index in [-0.39, 0.29) is 0 Å². The molecule has 0 N–H and O–H groups in total. The Hall–Kier alpha value is -0.965. The summed E-state index contributed by atoms with van der Waals surface area (Å²) in [7, 11) is 5.54. The second-order valence-corrected chi connectivity index (χ2v) is 2.39. The van der Waals surface area contributed by atoms with E-state index in [0.717, 1.165) is 22.8 Å². The normalized spacial score (nSPS) is 9.17. The lowest BCUT2D eigenvalue weighted by Gasteiger charge is -1.88. The highest BCUT2D eigenvalue weighted by Gasteiger charge is 1.98. The van der Waals surface area contributed by atoms with Gasteiger partial charge < -0.3 is 0 Å². The monoisotopic (exact) mass is 177 g/mol. The average Bonchev–Trinajstić information content (AvgIpc) is 2.57. The Morgan fingerprint density at radius 1 is 1.25 bits per heavy atom. The minimum absolute atomic E-state index is 0.589. The Morgan fingerprint density at radius 2 is 2.00 bits per heavy atom. The van der Waals surface area contributed by atoms with Crippen LogP contribution < -0.4 is 5.46 Å². The zero-order valence-electron chi connectivity index (χ0n) is 6.98. The van der Waals surface area contributed by atoms with Gasteiger partial charge in [-0.3, -0.25) is 4.98 Å². The summed E-state index contributed by atoms with van der Waals surface area (Å²) in [6.45, 7) is 4.00. The summed E-state index contributed by atoms with van der Waals surface area (Å²) >= 11 is 1.15. The Balaban J connectivity index is 0.000000336. The van der Waals surface area contributed by atoms with Gasteiger partial charge in [0.15, 0.2) is 0 Å². The molecule has 2 aromatic heterocycles. The molecule has 0 saturated heterocycles. The van der Waals surface area contributed by atoms with Gasteiger partial charge in [-0.05, 0) is 0 Å². The van der Waals surface area contributed by atoms with Crippen LogP contribution in [-0.4, -0.2) is 21.6 Å². The van der Waals surface area contributed by atoms with Gasteiger partial charge in [0.25, 0.3) is 0 Å². The highest BCUT2D eigenvalue weighted by molar-refractivity contribution is 7.00. The van der Waals surface area contributed by atoms with Crippen LogP contribution in [0.4, 0.5) is 0 Å².